The number of nitrogens with two attached hydrogens (primary N) is 1. The summed E-state index contributed by atoms with van der Waals surface area (Å²) >= 11 is 0. The van der Waals surface area contributed by atoms with Crippen molar-refractivity contribution in [1.29, 1.82) is 0 Å². The Morgan fingerprint density at radius 1 is 1.28 bits per heavy atom. The van der Waals surface area contributed by atoms with Gasteiger partial charge in [0.2, 0.25) is 5.82 Å². The average molecular weight is 394 g/mol. The van der Waals surface area contributed by atoms with Crippen LogP contribution in [0.25, 0.3) is 22.7 Å². The van der Waals surface area contributed by atoms with Gasteiger partial charge in [0.15, 0.2) is 29.0 Å². The van der Waals surface area contributed by atoms with Gasteiger partial charge in [-0.2, -0.15) is 0 Å². The van der Waals surface area contributed by atoms with Gasteiger partial charge in [0, 0.05) is 12.6 Å². The highest BCUT2D eigenvalue weighted by Gasteiger charge is 2.39. The van der Waals surface area contributed by atoms with Crippen LogP contribution in [0.4, 0.5) is 5.82 Å². The Balaban J connectivity index is 1.89. The Bertz CT molecular complexity index is 1070. The maximum absolute atomic E-state index is 10.5. The summed E-state index contributed by atoms with van der Waals surface area (Å²) in [4.78, 5) is 17.7. The van der Waals surface area contributed by atoms with Crippen LogP contribution < -0.4 is 5.73 Å². The maximum Gasteiger partial charge on any atom is 0.208 e. The molecule has 3 aromatic rings. The normalized spacial score (nSPS) is 21.3. The molecule has 0 aromatic carbocycles. The third-order valence-corrected chi connectivity index (χ3v) is 4.69. The Labute approximate surface area is 167 Å². The van der Waals surface area contributed by atoms with Crippen LogP contribution in [-0.2, 0) is 4.74 Å². The molecule has 4 heterocycles. The van der Waals surface area contributed by atoms with Gasteiger partial charge in [-0.25, -0.2) is 15.0 Å². The number of aliphatic hydroxyl groups is 2. The van der Waals surface area contributed by atoms with E-state index in [4.69, 9.17) is 10.5 Å². The smallest absolute Gasteiger partial charge is 0.208 e. The number of hydrogen-bond donors (Lipinski definition) is 3. The van der Waals surface area contributed by atoms with Crippen molar-refractivity contribution in [3.63, 3.8) is 0 Å². The number of ether oxygens (including phenoxy) is 1. The van der Waals surface area contributed by atoms with Gasteiger partial charge in [-0.15, -0.1) is 0 Å². The molecule has 0 bridgehead atoms. The molecular weight excluding hydrogens is 372 g/mol. The zero-order chi connectivity index (χ0) is 20.4. The molecule has 0 amide bonds. The first-order valence-corrected chi connectivity index (χ1v) is 9.53. The molecule has 0 aliphatic carbocycles. The lowest BCUT2D eigenvalue weighted by Crippen LogP contribution is -2.28. The lowest BCUT2D eigenvalue weighted by atomic mass is 10.2. The van der Waals surface area contributed by atoms with Crippen molar-refractivity contribution in [3.8, 4) is 23.4 Å². The molecule has 29 heavy (non-hydrogen) atoms. The molecule has 3 aromatic heterocycles. The van der Waals surface area contributed by atoms with Gasteiger partial charge in [-0.1, -0.05) is 25.3 Å². The number of imidazole rings is 1. The lowest BCUT2D eigenvalue weighted by Gasteiger charge is -2.19. The van der Waals surface area contributed by atoms with E-state index in [-0.39, 0.29) is 18.2 Å². The average Bonchev–Trinajstić information content (AvgIpc) is 3.26. The van der Waals surface area contributed by atoms with Crippen molar-refractivity contribution >= 4 is 17.0 Å². The van der Waals surface area contributed by atoms with E-state index in [1.54, 1.807) is 22.9 Å². The van der Waals surface area contributed by atoms with Crippen molar-refractivity contribution in [2.45, 2.75) is 44.6 Å². The van der Waals surface area contributed by atoms with Crippen LogP contribution in [0.5, 0.6) is 0 Å². The molecule has 1 fully saturated rings. The number of fused-ring (bicyclic) bond motifs is 1. The molecule has 0 unspecified atom stereocenters. The van der Waals surface area contributed by atoms with E-state index in [2.05, 4.69) is 38.7 Å². The van der Waals surface area contributed by atoms with Crippen LogP contribution in [0, 0.1) is 11.8 Å². The van der Waals surface area contributed by atoms with Crippen molar-refractivity contribution in [3.05, 3.63) is 30.2 Å². The summed E-state index contributed by atoms with van der Waals surface area (Å²) in [6.07, 6.45) is 1.38. The SMILES string of the molecule is CCCCC#Cc1nc(N)c2nc(-c3ccccn3)n([C@@H]3OC[C@@H](O)[C@H]3O)c2n1. The van der Waals surface area contributed by atoms with E-state index in [0.717, 1.165) is 19.3 Å². The van der Waals surface area contributed by atoms with E-state index >= 15 is 0 Å². The Hall–Kier alpha value is -3.06. The number of nitrogens with zero attached hydrogens (tertiary/aromatic N) is 5. The van der Waals surface area contributed by atoms with Crippen molar-refractivity contribution < 1.29 is 14.9 Å². The van der Waals surface area contributed by atoms with Crippen LogP contribution >= 0.6 is 0 Å². The predicted octanol–water partition coefficient (Wildman–Crippen LogP) is 1.26. The predicted molar refractivity (Wildman–Crippen MR) is 106 cm³/mol. The van der Waals surface area contributed by atoms with E-state index in [1.807, 2.05) is 6.07 Å². The monoisotopic (exact) mass is 394 g/mol. The summed E-state index contributed by atoms with van der Waals surface area (Å²) in [5.74, 6) is 6.85. The van der Waals surface area contributed by atoms with Crippen LogP contribution in [-0.4, -0.2) is 53.5 Å². The largest absolute Gasteiger partial charge is 0.388 e. The number of aromatic nitrogens is 5. The molecule has 4 N–H and O–H groups in total. The van der Waals surface area contributed by atoms with Gasteiger partial charge < -0.3 is 20.7 Å². The third-order valence-electron chi connectivity index (χ3n) is 4.69. The number of rotatable bonds is 4. The van der Waals surface area contributed by atoms with Gasteiger partial charge in [0.25, 0.3) is 0 Å². The fourth-order valence-corrected chi connectivity index (χ4v) is 3.19. The molecule has 9 heteroatoms. The summed E-state index contributed by atoms with van der Waals surface area (Å²) in [5.41, 5.74) is 7.43. The Kier molecular flexibility index (Phi) is 5.40. The van der Waals surface area contributed by atoms with Gasteiger partial charge in [-0.3, -0.25) is 9.55 Å². The molecule has 9 nitrogen and oxygen atoms in total. The highest BCUT2D eigenvalue weighted by molar-refractivity contribution is 5.85. The first-order valence-electron chi connectivity index (χ1n) is 9.53. The third kappa shape index (κ3) is 3.65. The lowest BCUT2D eigenvalue weighted by molar-refractivity contribution is -0.0153. The summed E-state index contributed by atoms with van der Waals surface area (Å²) in [6.45, 7) is 2.10. The molecule has 1 aliphatic rings. The van der Waals surface area contributed by atoms with E-state index < -0.39 is 18.4 Å². The minimum atomic E-state index is -1.15. The number of unbranched alkanes of at least 4 members (excludes halogenated alkanes) is 2. The standard InChI is InChI=1S/C20H22N6O3/c1-2-3-4-5-9-14-23-17(21)15-19(24-14)26(20-16(28)13(27)11-29-20)18(25-15)12-8-6-7-10-22-12/h6-8,10,13,16,20,27-28H,2-4,11H2,1H3,(H2,21,23,24)/t13-,16-,20-/m1/s1. The van der Waals surface area contributed by atoms with Crippen LogP contribution in [0.15, 0.2) is 24.4 Å². The van der Waals surface area contributed by atoms with Crippen molar-refractivity contribution in [2.24, 2.45) is 0 Å². The fraction of sp³-hybridized carbons (Fsp3) is 0.400. The maximum atomic E-state index is 10.5. The zero-order valence-electron chi connectivity index (χ0n) is 16.0. The number of aliphatic hydroxyl groups excluding tert-OH is 2. The molecule has 150 valence electrons. The van der Waals surface area contributed by atoms with Gasteiger partial charge in [-0.05, 0) is 24.5 Å². The summed E-state index contributed by atoms with van der Waals surface area (Å²) in [7, 11) is 0. The topological polar surface area (TPSA) is 132 Å². The number of pyridine rings is 1. The summed E-state index contributed by atoms with van der Waals surface area (Å²) in [6, 6.07) is 5.40. The second-order valence-corrected chi connectivity index (χ2v) is 6.81. The number of nitrogen functional groups attached to an aromatic ring is 1. The fourth-order valence-electron chi connectivity index (χ4n) is 3.19. The first kappa shape index (κ1) is 19.3. The molecule has 0 spiro atoms. The van der Waals surface area contributed by atoms with Crippen LogP contribution in [0.1, 0.15) is 38.2 Å². The molecule has 1 aliphatic heterocycles. The zero-order valence-corrected chi connectivity index (χ0v) is 16.0. The first-order chi connectivity index (χ1) is 14.1. The van der Waals surface area contributed by atoms with E-state index in [9.17, 15) is 10.2 Å². The summed E-state index contributed by atoms with van der Waals surface area (Å²) < 4.78 is 7.25. The Morgan fingerprint density at radius 2 is 2.14 bits per heavy atom. The quantitative estimate of drug-likeness (QED) is 0.445. The second-order valence-electron chi connectivity index (χ2n) is 6.81. The molecule has 1 saturated heterocycles. The van der Waals surface area contributed by atoms with Crippen LogP contribution in [0.2, 0.25) is 0 Å². The molecule has 0 saturated carbocycles. The van der Waals surface area contributed by atoms with E-state index in [0.29, 0.717) is 22.7 Å². The second kappa shape index (κ2) is 8.13. The number of hydrogen-bond acceptors (Lipinski definition) is 8. The summed E-state index contributed by atoms with van der Waals surface area (Å²) in [5, 5.41) is 20.4. The number of anilines is 1. The molecular formula is C20H22N6O3. The van der Waals surface area contributed by atoms with Gasteiger partial charge in [0.1, 0.15) is 17.9 Å². The Morgan fingerprint density at radius 3 is 2.83 bits per heavy atom. The van der Waals surface area contributed by atoms with E-state index in [1.165, 1.54) is 0 Å². The molecule has 4 rings (SSSR count). The minimum absolute atomic E-state index is 0.00257. The minimum Gasteiger partial charge on any atom is -0.388 e. The van der Waals surface area contributed by atoms with Crippen LogP contribution in [0.3, 0.4) is 0 Å². The van der Waals surface area contributed by atoms with Gasteiger partial charge >= 0.3 is 0 Å². The molecule has 3 atom stereocenters. The molecule has 0 radical (unpaired) electrons. The van der Waals surface area contributed by atoms with Crippen molar-refractivity contribution in [2.75, 3.05) is 12.3 Å². The highest BCUT2D eigenvalue weighted by Crippen LogP contribution is 2.33. The van der Waals surface area contributed by atoms with Crippen molar-refractivity contribution in [1.82, 2.24) is 24.5 Å². The highest BCUT2D eigenvalue weighted by atomic mass is 16.5. The van der Waals surface area contributed by atoms with Gasteiger partial charge in [0.05, 0.1) is 6.61 Å².